The second-order valence-corrected chi connectivity index (χ2v) is 20.0. The first kappa shape index (κ1) is 30.4. The normalized spacial score (nSPS) is 31.8. The molecule has 2 bridgehead atoms. The Hall–Kier alpha value is -4.10. The molecule has 6 unspecified atom stereocenters. The lowest BCUT2D eigenvalue weighted by atomic mass is 9.26. The molecule has 5 aromatic carbocycles. The molecule has 0 aliphatic heterocycles. The monoisotopic (exact) mass is 677 g/mol. The minimum atomic E-state index is -0.0640. The van der Waals surface area contributed by atoms with Crippen LogP contribution in [0.1, 0.15) is 113 Å². The van der Waals surface area contributed by atoms with Crippen LogP contribution in [0.5, 0.6) is 0 Å². The molecule has 0 N–H and O–H groups in total. The highest BCUT2D eigenvalue weighted by atomic mass is 15.2. The van der Waals surface area contributed by atoms with Crippen LogP contribution < -0.4 is 4.90 Å². The van der Waals surface area contributed by atoms with Crippen LogP contribution in [0, 0.1) is 29.1 Å². The van der Waals surface area contributed by atoms with Gasteiger partial charge in [-0.15, -0.1) is 0 Å². The fourth-order valence-corrected chi connectivity index (χ4v) is 14.7. The third-order valence-electron chi connectivity index (χ3n) is 16.8. The summed E-state index contributed by atoms with van der Waals surface area (Å²) in [4.78, 5) is 2.78. The SMILES string of the molecule is CC1(C)CCC(C)(C)c2c(N(c3ccc4c(c3)C(C)(C)c3ccccc3-4)c3cccc4c3C3(c5ccccc5-4)C4CC5CC6CC3C64C5)cccc21. The second kappa shape index (κ2) is 9.33. The molecule has 7 aliphatic rings. The first-order valence-electron chi connectivity index (χ1n) is 20.4. The van der Waals surface area contributed by atoms with Gasteiger partial charge in [-0.1, -0.05) is 120 Å². The molecule has 6 atom stereocenters. The van der Waals surface area contributed by atoms with Crippen LogP contribution in [0.15, 0.2) is 103 Å². The first-order valence-corrected chi connectivity index (χ1v) is 20.4. The van der Waals surface area contributed by atoms with E-state index in [2.05, 4.69) is 150 Å². The van der Waals surface area contributed by atoms with Crippen molar-refractivity contribution in [2.45, 2.75) is 102 Å². The fraction of sp³-hybridized carbons (Fsp3) is 0.412. The molecule has 52 heavy (non-hydrogen) atoms. The Morgan fingerprint density at radius 3 is 1.92 bits per heavy atom. The summed E-state index contributed by atoms with van der Waals surface area (Å²) in [6.07, 6.45) is 8.25. The maximum absolute atomic E-state index is 2.78. The summed E-state index contributed by atoms with van der Waals surface area (Å²) in [5, 5.41) is 0. The number of hydrogen-bond donors (Lipinski definition) is 0. The summed E-state index contributed by atoms with van der Waals surface area (Å²) in [6.45, 7) is 14.8. The number of nitrogens with zero attached hydrogens (tertiary/aromatic N) is 1. The topological polar surface area (TPSA) is 3.24 Å². The van der Waals surface area contributed by atoms with Gasteiger partial charge in [-0.3, -0.25) is 0 Å². The molecular formula is C51H51N. The van der Waals surface area contributed by atoms with Crippen molar-refractivity contribution >= 4 is 17.1 Å². The van der Waals surface area contributed by atoms with E-state index in [0.29, 0.717) is 5.41 Å². The van der Waals surface area contributed by atoms with E-state index in [0.717, 1.165) is 23.7 Å². The van der Waals surface area contributed by atoms with Gasteiger partial charge in [-0.2, -0.15) is 0 Å². The molecule has 12 rings (SSSR count). The molecule has 0 saturated heterocycles. The molecule has 0 heterocycles. The number of benzene rings is 5. The quantitative estimate of drug-likeness (QED) is 0.184. The van der Waals surface area contributed by atoms with E-state index < -0.39 is 0 Å². The van der Waals surface area contributed by atoms with Gasteiger partial charge < -0.3 is 4.90 Å². The van der Waals surface area contributed by atoms with Gasteiger partial charge in [-0.05, 0) is 158 Å². The van der Waals surface area contributed by atoms with E-state index >= 15 is 0 Å². The van der Waals surface area contributed by atoms with E-state index in [-0.39, 0.29) is 21.7 Å². The van der Waals surface area contributed by atoms with Crippen LogP contribution in [0.25, 0.3) is 22.3 Å². The minimum absolute atomic E-state index is 0.0640. The van der Waals surface area contributed by atoms with Crippen molar-refractivity contribution in [2.24, 2.45) is 29.1 Å². The van der Waals surface area contributed by atoms with E-state index in [4.69, 9.17) is 0 Å². The molecule has 0 amide bonds. The Morgan fingerprint density at radius 2 is 1.13 bits per heavy atom. The van der Waals surface area contributed by atoms with E-state index in [1.54, 1.807) is 16.7 Å². The van der Waals surface area contributed by atoms with E-state index in [1.807, 2.05) is 0 Å². The summed E-state index contributed by atoms with van der Waals surface area (Å²) in [5.41, 5.74) is 20.0. The number of hydrogen-bond acceptors (Lipinski definition) is 1. The third-order valence-corrected chi connectivity index (χ3v) is 16.8. The number of rotatable bonds is 3. The molecule has 5 aromatic rings. The highest BCUT2D eigenvalue weighted by molar-refractivity contribution is 5.94. The van der Waals surface area contributed by atoms with Crippen molar-refractivity contribution < 1.29 is 0 Å². The molecule has 260 valence electrons. The molecular weight excluding hydrogens is 627 g/mol. The van der Waals surface area contributed by atoms with Crippen LogP contribution in [0.2, 0.25) is 0 Å². The lowest BCUT2D eigenvalue weighted by molar-refractivity contribution is -0.231. The maximum atomic E-state index is 2.78. The van der Waals surface area contributed by atoms with Gasteiger partial charge in [0.1, 0.15) is 0 Å². The van der Waals surface area contributed by atoms with Crippen LogP contribution in [0.3, 0.4) is 0 Å². The van der Waals surface area contributed by atoms with Gasteiger partial charge in [0.15, 0.2) is 0 Å². The zero-order chi connectivity index (χ0) is 35.2. The summed E-state index contributed by atoms with van der Waals surface area (Å²) in [7, 11) is 0. The first-order chi connectivity index (χ1) is 25.0. The lowest BCUT2D eigenvalue weighted by Gasteiger charge is -2.76. The molecule has 2 spiro atoms. The van der Waals surface area contributed by atoms with Gasteiger partial charge in [0.25, 0.3) is 0 Å². The Bertz CT molecular complexity index is 2410. The van der Waals surface area contributed by atoms with Crippen molar-refractivity contribution in [2.75, 3.05) is 4.90 Å². The Kier molecular flexibility index (Phi) is 5.45. The van der Waals surface area contributed by atoms with E-state index in [9.17, 15) is 0 Å². The summed E-state index contributed by atoms with van der Waals surface area (Å²) in [6, 6.07) is 40.9. The average molecular weight is 678 g/mol. The molecule has 1 nitrogen and oxygen atoms in total. The van der Waals surface area contributed by atoms with Gasteiger partial charge in [-0.25, -0.2) is 0 Å². The molecule has 7 aliphatic carbocycles. The van der Waals surface area contributed by atoms with Gasteiger partial charge in [0.2, 0.25) is 0 Å². The number of fused-ring (bicyclic) bond motifs is 12. The van der Waals surface area contributed by atoms with E-state index in [1.165, 1.54) is 94.5 Å². The summed E-state index contributed by atoms with van der Waals surface area (Å²) in [5.74, 6) is 3.43. The smallest absolute Gasteiger partial charge is 0.0509 e. The lowest BCUT2D eigenvalue weighted by Crippen LogP contribution is -2.73. The minimum Gasteiger partial charge on any atom is -0.310 e. The maximum Gasteiger partial charge on any atom is 0.0509 e. The van der Waals surface area contributed by atoms with Crippen LogP contribution in [-0.2, 0) is 21.7 Å². The van der Waals surface area contributed by atoms with Crippen molar-refractivity contribution in [3.63, 3.8) is 0 Å². The van der Waals surface area contributed by atoms with Crippen molar-refractivity contribution in [1.82, 2.24) is 0 Å². The van der Waals surface area contributed by atoms with Gasteiger partial charge >= 0.3 is 0 Å². The average Bonchev–Trinajstić information content (AvgIpc) is 3.83. The van der Waals surface area contributed by atoms with Crippen molar-refractivity contribution in [3.8, 4) is 22.3 Å². The summed E-state index contributed by atoms with van der Waals surface area (Å²) < 4.78 is 0. The molecule has 1 heteroatoms. The predicted octanol–water partition coefficient (Wildman–Crippen LogP) is 13.1. The largest absolute Gasteiger partial charge is 0.310 e. The Labute approximate surface area is 310 Å². The van der Waals surface area contributed by atoms with Crippen LogP contribution >= 0.6 is 0 Å². The molecule has 0 aromatic heterocycles. The van der Waals surface area contributed by atoms with Crippen LogP contribution in [0.4, 0.5) is 17.1 Å². The van der Waals surface area contributed by atoms with Crippen molar-refractivity contribution in [1.29, 1.82) is 0 Å². The molecule has 4 fully saturated rings. The Balaban J connectivity index is 1.16. The van der Waals surface area contributed by atoms with Crippen molar-refractivity contribution in [3.05, 3.63) is 137 Å². The van der Waals surface area contributed by atoms with Crippen LogP contribution in [-0.4, -0.2) is 0 Å². The fourth-order valence-electron chi connectivity index (χ4n) is 14.7. The zero-order valence-electron chi connectivity index (χ0n) is 31.8. The summed E-state index contributed by atoms with van der Waals surface area (Å²) >= 11 is 0. The second-order valence-electron chi connectivity index (χ2n) is 20.0. The van der Waals surface area contributed by atoms with Gasteiger partial charge in [0, 0.05) is 16.5 Å². The Morgan fingerprint density at radius 1 is 0.519 bits per heavy atom. The molecule has 0 radical (unpaired) electrons. The third kappa shape index (κ3) is 3.24. The highest BCUT2D eigenvalue weighted by Crippen LogP contribution is 2.90. The number of anilines is 3. The standard InChI is InChI=1S/C51H51N/c1-47(2)23-24-48(3,4)46-39(47)18-12-20-42(46)52(32-21-22-35-33-13-7-9-16-37(33)49(5,6)40(35)28-32)41-19-11-15-36-34-14-8-10-17-38(34)51(45(36)41)43-26-30-25-31-27-44(51)50(31,43)29-30/h7-22,28,30-31,43-44H,23-27,29H2,1-6H3. The predicted molar refractivity (Wildman–Crippen MR) is 215 cm³/mol. The molecule has 4 saturated carbocycles. The van der Waals surface area contributed by atoms with Gasteiger partial charge in [0.05, 0.1) is 11.4 Å². The highest BCUT2D eigenvalue weighted by Gasteiger charge is 2.85. The zero-order valence-corrected chi connectivity index (χ0v) is 31.8.